The Morgan fingerprint density at radius 3 is 2.65 bits per heavy atom. The summed E-state index contributed by atoms with van der Waals surface area (Å²) in [5, 5.41) is 4.69. The van der Waals surface area contributed by atoms with Crippen molar-refractivity contribution in [2.45, 2.75) is 33.7 Å². The molecule has 1 aromatic carbocycles. The van der Waals surface area contributed by atoms with E-state index in [-0.39, 0.29) is 0 Å². The van der Waals surface area contributed by atoms with Crippen molar-refractivity contribution in [1.82, 2.24) is 9.78 Å². The van der Waals surface area contributed by atoms with E-state index in [4.69, 9.17) is 5.73 Å². The van der Waals surface area contributed by atoms with E-state index in [1.54, 1.807) is 0 Å². The van der Waals surface area contributed by atoms with Crippen LogP contribution in [0.15, 0.2) is 28.7 Å². The molecule has 2 aromatic rings. The molecule has 0 bridgehead atoms. The minimum absolute atomic E-state index is 0.494. The quantitative estimate of drug-likeness (QED) is 0.909. The van der Waals surface area contributed by atoms with Gasteiger partial charge in [-0.25, -0.2) is 0 Å². The molecule has 2 N–H and O–H groups in total. The Morgan fingerprint density at radius 1 is 1.30 bits per heavy atom. The minimum Gasteiger partial charge on any atom is -0.330 e. The normalized spacial score (nSPS) is 12.7. The number of rotatable bonds is 5. The Balaban J connectivity index is 2.26. The predicted molar refractivity (Wildman–Crippen MR) is 86.9 cm³/mol. The maximum atomic E-state index is 5.74. The fourth-order valence-electron chi connectivity index (χ4n) is 2.40. The highest BCUT2D eigenvalue weighted by Gasteiger charge is 2.14. The second-order valence-corrected chi connectivity index (χ2v) is 6.30. The van der Waals surface area contributed by atoms with E-state index in [2.05, 4.69) is 64.7 Å². The average Bonchev–Trinajstić information content (AvgIpc) is 2.69. The number of nitrogens with zero attached hydrogens (tertiary/aromatic N) is 2. The van der Waals surface area contributed by atoms with Gasteiger partial charge >= 0.3 is 0 Å². The number of aryl methyl sites for hydroxylation is 1. The topological polar surface area (TPSA) is 43.8 Å². The summed E-state index contributed by atoms with van der Waals surface area (Å²) in [6.07, 6.45) is 1.00. The maximum Gasteiger partial charge on any atom is 0.0673 e. The Morgan fingerprint density at radius 2 is 2.00 bits per heavy atom. The zero-order chi connectivity index (χ0) is 14.7. The molecule has 0 saturated heterocycles. The number of aromatic nitrogens is 2. The van der Waals surface area contributed by atoms with Crippen LogP contribution >= 0.6 is 15.9 Å². The van der Waals surface area contributed by atoms with Crippen LogP contribution < -0.4 is 5.73 Å². The molecule has 0 radical (unpaired) electrons. The van der Waals surface area contributed by atoms with Crippen molar-refractivity contribution >= 4 is 15.9 Å². The zero-order valence-corrected chi connectivity index (χ0v) is 13.9. The van der Waals surface area contributed by atoms with Crippen molar-refractivity contribution in [1.29, 1.82) is 0 Å². The second kappa shape index (κ2) is 6.55. The summed E-state index contributed by atoms with van der Waals surface area (Å²) < 4.78 is 3.22. The first-order valence-electron chi connectivity index (χ1n) is 6.99. The van der Waals surface area contributed by atoms with Gasteiger partial charge in [0.15, 0.2) is 0 Å². The van der Waals surface area contributed by atoms with E-state index in [0.29, 0.717) is 12.5 Å². The van der Waals surface area contributed by atoms with Crippen molar-refractivity contribution in [2.75, 3.05) is 6.54 Å². The summed E-state index contributed by atoms with van der Waals surface area (Å²) in [6.45, 7) is 7.93. The van der Waals surface area contributed by atoms with Gasteiger partial charge in [-0.1, -0.05) is 41.1 Å². The first-order valence-corrected chi connectivity index (χ1v) is 7.78. The Hall–Kier alpha value is -1.13. The van der Waals surface area contributed by atoms with Gasteiger partial charge in [0.05, 0.1) is 12.2 Å². The summed E-state index contributed by atoms with van der Waals surface area (Å²) in [4.78, 5) is 0. The molecule has 0 spiro atoms. The zero-order valence-electron chi connectivity index (χ0n) is 12.4. The van der Waals surface area contributed by atoms with Gasteiger partial charge in [0.25, 0.3) is 0 Å². The van der Waals surface area contributed by atoms with Crippen LogP contribution in [0.25, 0.3) is 0 Å². The monoisotopic (exact) mass is 335 g/mol. The lowest BCUT2D eigenvalue weighted by Gasteiger charge is -2.10. The number of hydrogen-bond acceptors (Lipinski definition) is 2. The van der Waals surface area contributed by atoms with Crippen molar-refractivity contribution in [3.8, 4) is 0 Å². The van der Waals surface area contributed by atoms with E-state index in [9.17, 15) is 0 Å². The molecule has 1 unspecified atom stereocenters. The van der Waals surface area contributed by atoms with Crippen LogP contribution in [0.3, 0.4) is 0 Å². The van der Waals surface area contributed by atoms with Crippen molar-refractivity contribution in [2.24, 2.45) is 11.7 Å². The first kappa shape index (κ1) is 15.3. The molecule has 0 aliphatic heterocycles. The summed E-state index contributed by atoms with van der Waals surface area (Å²) in [7, 11) is 0. The molecule has 2 rings (SSSR count). The van der Waals surface area contributed by atoms with Crippen LogP contribution in [0.1, 0.15) is 29.4 Å². The molecular weight excluding hydrogens is 314 g/mol. The summed E-state index contributed by atoms with van der Waals surface area (Å²) in [5.41, 5.74) is 10.7. The highest BCUT2D eigenvalue weighted by molar-refractivity contribution is 9.10. The molecule has 3 nitrogen and oxygen atoms in total. The number of nitrogens with two attached hydrogens (primary N) is 1. The van der Waals surface area contributed by atoms with E-state index in [1.165, 1.54) is 16.8 Å². The fraction of sp³-hybridized carbons (Fsp3) is 0.438. The SMILES string of the molecule is Cc1nn(Cc2ccccc2Br)c(C)c1CC(C)CN. The van der Waals surface area contributed by atoms with Gasteiger partial charge in [0.1, 0.15) is 0 Å². The smallest absolute Gasteiger partial charge is 0.0673 e. The number of benzene rings is 1. The van der Waals surface area contributed by atoms with Crippen molar-refractivity contribution in [3.05, 3.63) is 51.3 Å². The number of hydrogen-bond donors (Lipinski definition) is 1. The lowest BCUT2D eigenvalue weighted by molar-refractivity contribution is 0.587. The third kappa shape index (κ3) is 3.30. The van der Waals surface area contributed by atoms with Gasteiger partial charge in [-0.2, -0.15) is 5.10 Å². The van der Waals surface area contributed by atoms with E-state index < -0.39 is 0 Å². The third-order valence-electron chi connectivity index (χ3n) is 3.76. The average molecular weight is 336 g/mol. The molecule has 0 fully saturated rings. The van der Waals surface area contributed by atoms with Crippen molar-refractivity contribution < 1.29 is 0 Å². The van der Waals surface area contributed by atoms with E-state index in [1.807, 2.05) is 6.07 Å². The molecule has 1 heterocycles. The highest BCUT2D eigenvalue weighted by atomic mass is 79.9. The summed E-state index contributed by atoms with van der Waals surface area (Å²) in [6, 6.07) is 8.29. The summed E-state index contributed by atoms with van der Waals surface area (Å²) >= 11 is 3.60. The van der Waals surface area contributed by atoms with Crippen LogP contribution in [-0.2, 0) is 13.0 Å². The maximum absolute atomic E-state index is 5.74. The Labute approximate surface area is 129 Å². The molecule has 0 aliphatic rings. The molecule has 0 saturated carbocycles. The van der Waals surface area contributed by atoms with Gasteiger partial charge in [-0.15, -0.1) is 0 Å². The highest BCUT2D eigenvalue weighted by Crippen LogP contribution is 2.21. The molecule has 0 aliphatic carbocycles. The van der Waals surface area contributed by atoms with Crippen LogP contribution in [0.5, 0.6) is 0 Å². The first-order chi connectivity index (χ1) is 9.52. The number of halogens is 1. The van der Waals surface area contributed by atoms with E-state index >= 15 is 0 Å². The van der Waals surface area contributed by atoms with Gasteiger partial charge in [-0.05, 0) is 49.9 Å². The lowest BCUT2D eigenvalue weighted by Crippen LogP contribution is -2.14. The van der Waals surface area contributed by atoms with Crippen LogP contribution in [0.4, 0.5) is 0 Å². The predicted octanol–water partition coefficient (Wildman–Crippen LogP) is 3.45. The Kier molecular flexibility index (Phi) is 5.00. The van der Waals surface area contributed by atoms with Gasteiger partial charge in [0, 0.05) is 10.2 Å². The van der Waals surface area contributed by atoms with Gasteiger partial charge in [0.2, 0.25) is 0 Å². The minimum atomic E-state index is 0.494. The molecule has 1 atom stereocenters. The van der Waals surface area contributed by atoms with Crippen LogP contribution in [0, 0.1) is 19.8 Å². The second-order valence-electron chi connectivity index (χ2n) is 5.44. The van der Waals surface area contributed by atoms with Crippen molar-refractivity contribution in [3.63, 3.8) is 0 Å². The van der Waals surface area contributed by atoms with Crippen LogP contribution in [-0.4, -0.2) is 16.3 Å². The molecule has 0 amide bonds. The lowest BCUT2D eigenvalue weighted by atomic mass is 10.00. The van der Waals surface area contributed by atoms with Gasteiger partial charge in [-0.3, -0.25) is 4.68 Å². The summed E-state index contributed by atoms with van der Waals surface area (Å²) in [5.74, 6) is 0.494. The van der Waals surface area contributed by atoms with Crippen LogP contribution in [0.2, 0.25) is 0 Å². The van der Waals surface area contributed by atoms with Gasteiger partial charge < -0.3 is 5.73 Å². The van der Waals surface area contributed by atoms with E-state index in [0.717, 1.165) is 23.1 Å². The largest absolute Gasteiger partial charge is 0.330 e. The molecule has 4 heteroatoms. The third-order valence-corrected chi connectivity index (χ3v) is 4.54. The molecule has 1 aromatic heterocycles. The standard InChI is InChI=1S/C16H22BrN3/c1-11(9-18)8-15-12(2)19-20(13(15)3)10-14-6-4-5-7-16(14)17/h4-7,11H,8-10,18H2,1-3H3. The molecular formula is C16H22BrN3. The Bertz CT molecular complexity index is 589. The molecule has 108 valence electrons. The fourth-order valence-corrected chi connectivity index (χ4v) is 2.81. The molecule has 20 heavy (non-hydrogen) atoms.